The number of hydrogen-bond acceptors (Lipinski definition) is 6. The highest BCUT2D eigenvalue weighted by molar-refractivity contribution is 8.07. The first-order valence-corrected chi connectivity index (χ1v) is 10.1. The minimum absolute atomic E-state index is 0.727. The minimum atomic E-state index is -2.67. The van der Waals surface area contributed by atoms with Crippen LogP contribution in [0.15, 0.2) is 21.9 Å². The van der Waals surface area contributed by atoms with Crippen molar-refractivity contribution in [1.29, 1.82) is 0 Å². The third kappa shape index (κ3) is 3.65. The molecule has 1 aromatic carbocycles. The molecule has 0 radical (unpaired) electrons. The Kier molecular flexibility index (Phi) is 6.51. The predicted octanol–water partition coefficient (Wildman–Crippen LogP) is 4.33. The van der Waals surface area contributed by atoms with Crippen molar-refractivity contribution in [2.45, 2.75) is 16.7 Å². The lowest BCUT2D eigenvalue weighted by atomic mass is 10.2. The zero-order valence-electron chi connectivity index (χ0n) is 11.1. The molecule has 0 atom stereocenters. The van der Waals surface area contributed by atoms with Crippen molar-refractivity contribution in [3.8, 4) is 5.75 Å². The Bertz CT molecular complexity index is 457. The summed E-state index contributed by atoms with van der Waals surface area (Å²) < 4.78 is 16.1. The van der Waals surface area contributed by atoms with Gasteiger partial charge in [0.15, 0.2) is 0 Å². The largest absolute Gasteiger partial charge is 0.423 e. The molecule has 0 aromatic heterocycles. The van der Waals surface area contributed by atoms with Gasteiger partial charge in [0.2, 0.25) is 0 Å². The summed E-state index contributed by atoms with van der Waals surface area (Å²) in [7, 11) is 3.01. The summed E-state index contributed by atoms with van der Waals surface area (Å²) in [5, 5.41) is 0. The van der Waals surface area contributed by atoms with E-state index in [4.69, 9.17) is 25.4 Å². The quantitative estimate of drug-likeness (QED) is 0.571. The third-order valence-corrected chi connectivity index (χ3v) is 6.63. The Balaban J connectivity index is 3.18. The number of thioether (sulfide) groups is 2. The van der Waals surface area contributed by atoms with Crippen molar-refractivity contribution in [2.75, 3.05) is 26.7 Å². The van der Waals surface area contributed by atoms with Crippen LogP contribution in [0.3, 0.4) is 0 Å². The van der Waals surface area contributed by atoms with E-state index in [0.717, 1.165) is 10.6 Å². The molecule has 0 unspecified atom stereocenters. The summed E-state index contributed by atoms with van der Waals surface area (Å²) in [4.78, 5) is 2.31. The lowest BCUT2D eigenvalue weighted by Crippen LogP contribution is -1.99. The Morgan fingerprint density at radius 3 is 2.17 bits per heavy atom. The topological polar surface area (TPSA) is 27.7 Å². The SMILES string of the molecule is COP(=S)(OC)Oc1ccc(SC)c(C)c1SC. The van der Waals surface area contributed by atoms with Gasteiger partial charge in [0.25, 0.3) is 0 Å². The van der Waals surface area contributed by atoms with E-state index in [9.17, 15) is 0 Å². The third-order valence-electron chi connectivity index (χ3n) is 2.40. The second-order valence-electron chi connectivity index (χ2n) is 3.33. The Hall–Kier alpha value is 0.290. The summed E-state index contributed by atoms with van der Waals surface area (Å²) >= 11 is 8.58. The van der Waals surface area contributed by atoms with Gasteiger partial charge in [-0.05, 0) is 37.1 Å². The fourth-order valence-corrected chi connectivity index (χ4v) is 3.86. The van der Waals surface area contributed by atoms with E-state index in [0.29, 0.717) is 0 Å². The van der Waals surface area contributed by atoms with Crippen LogP contribution in [-0.4, -0.2) is 26.7 Å². The van der Waals surface area contributed by atoms with Gasteiger partial charge in [-0.15, -0.1) is 23.5 Å². The molecule has 0 aliphatic heterocycles. The smallest absolute Gasteiger partial charge is 0.380 e. The Morgan fingerprint density at radius 2 is 1.72 bits per heavy atom. The van der Waals surface area contributed by atoms with Gasteiger partial charge in [0.05, 0.1) is 4.90 Å². The molecule has 1 rings (SSSR count). The van der Waals surface area contributed by atoms with E-state index in [2.05, 4.69) is 13.2 Å². The Morgan fingerprint density at radius 1 is 1.11 bits per heavy atom. The maximum Gasteiger partial charge on any atom is 0.380 e. The van der Waals surface area contributed by atoms with Gasteiger partial charge in [-0.3, -0.25) is 0 Å². The van der Waals surface area contributed by atoms with Gasteiger partial charge in [-0.25, -0.2) is 0 Å². The molecule has 0 fully saturated rings. The first-order chi connectivity index (χ1) is 8.51. The summed E-state index contributed by atoms with van der Waals surface area (Å²) in [6.45, 7) is -0.596. The number of benzene rings is 1. The van der Waals surface area contributed by atoms with Gasteiger partial charge >= 0.3 is 6.72 Å². The van der Waals surface area contributed by atoms with E-state index in [1.165, 1.54) is 24.7 Å². The molecular formula is C11H17O3PS3. The second-order valence-corrected chi connectivity index (χ2v) is 8.14. The van der Waals surface area contributed by atoms with Crippen molar-refractivity contribution >= 4 is 42.0 Å². The zero-order chi connectivity index (χ0) is 13.8. The van der Waals surface area contributed by atoms with Gasteiger partial charge in [0, 0.05) is 30.9 Å². The van der Waals surface area contributed by atoms with Crippen LogP contribution in [0, 0.1) is 6.92 Å². The molecule has 0 amide bonds. The fraction of sp³-hybridized carbons (Fsp3) is 0.455. The average molecular weight is 324 g/mol. The lowest BCUT2D eigenvalue weighted by Gasteiger charge is -2.21. The summed E-state index contributed by atoms with van der Waals surface area (Å²) in [5.41, 5.74) is 1.20. The van der Waals surface area contributed by atoms with Crippen LogP contribution in [0.2, 0.25) is 0 Å². The van der Waals surface area contributed by atoms with E-state index >= 15 is 0 Å². The van der Waals surface area contributed by atoms with Crippen molar-refractivity contribution in [3.05, 3.63) is 17.7 Å². The van der Waals surface area contributed by atoms with Gasteiger partial charge in [-0.2, -0.15) is 0 Å². The molecule has 0 aliphatic rings. The summed E-state index contributed by atoms with van der Waals surface area (Å²) in [6, 6.07) is 3.95. The van der Waals surface area contributed by atoms with Crippen LogP contribution in [-0.2, 0) is 20.9 Å². The molecule has 0 N–H and O–H groups in total. The maximum absolute atomic E-state index is 5.75. The molecule has 7 heteroatoms. The average Bonchev–Trinajstić information content (AvgIpc) is 2.39. The fourth-order valence-electron chi connectivity index (χ4n) is 1.46. The van der Waals surface area contributed by atoms with Crippen molar-refractivity contribution < 1.29 is 13.6 Å². The lowest BCUT2D eigenvalue weighted by molar-refractivity contribution is 0.271. The molecule has 18 heavy (non-hydrogen) atoms. The molecule has 102 valence electrons. The zero-order valence-corrected chi connectivity index (χ0v) is 14.4. The van der Waals surface area contributed by atoms with E-state index in [1.807, 2.05) is 18.4 Å². The summed E-state index contributed by atoms with van der Waals surface area (Å²) in [6.07, 6.45) is 4.07. The molecule has 0 spiro atoms. The van der Waals surface area contributed by atoms with Gasteiger partial charge in [-0.1, -0.05) is 0 Å². The second kappa shape index (κ2) is 7.17. The van der Waals surface area contributed by atoms with Gasteiger partial charge < -0.3 is 13.6 Å². The van der Waals surface area contributed by atoms with E-state index in [-0.39, 0.29) is 0 Å². The van der Waals surface area contributed by atoms with Crippen molar-refractivity contribution in [2.24, 2.45) is 0 Å². The minimum Gasteiger partial charge on any atom is -0.423 e. The van der Waals surface area contributed by atoms with Crippen LogP contribution >= 0.6 is 30.2 Å². The molecule has 0 saturated carbocycles. The molecule has 3 nitrogen and oxygen atoms in total. The van der Waals surface area contributed by atoms with E-state index < -0.39 is 6.72 Å². The highest BCUT2D eigenvalue weighted by atomic mass is 32.5. The highest BCUT2D eigenvalue weighted by Crippen LogP contribution is 2.51. The molecule has 0 aliphatic carbocycles. The van der Waals surface area contributed by atoms with Crippen molar-refractivity contribution in [3.63, 3.8) is 0 Å². The highest BCUT2D eigenvalue weighted by Gasteiger charge is 2.21. The monoisotopic (exact) mass is 324 g/mol. The summed E-state index contributed by atoms with van der Waals surface area (Å²) in [5.74, 6) is 0.727. The predicted molar refractivity (Wildman–Crippen MR) is 83.7 cm³/mol. The van der Waals surface area contributed by atoms with Crippen LogP contribution < -0.4 is 4.52 Å². The van der Waals surface area contributed by atoms with Crippen LogP contribution in [0.1, 0.15) is 5.56 Å². The van der Waals surface area contributed by atoms with Crippen LogP contribution in [0.5, 0.6) is 5.75 Å². The first kappa shape index (κ1) is 16.3. The standard InChI is InChI=1S/C11H17O3PS3/c1-8-10(17-4)7-6-9(11(8)18-5)14-15(16,12-2)13-3/h6-7H,1-5H3. The van der Waals surface area contributed by atoms with Crippen LogP contribution in [0.25, 0.3) is 0 Å². The maximum atomic E-state index is 5.75. The van der Waals surface area contributed by atoms with Crippen LogP contribution in [0.4, 0.5) is 0 Å². The normalized spacial score (nSPS) is 11.6. The number of rotatable bonds is 6. The first-order valence-electron chi connectivity index (χ1n) is 5.14. The molecule has 0 saturated heterocycles. The van der Waals surface area contributed by atoms with E-state index in [1.54, 1.807) is 23.5 Å². The molecule has 0 heterocycles. The molecule has 1 aromatic rings. The molecule has 0 bridgehead atoms. The van der Waals surface area contributed by atoms with Gasteiger partial charge in [0.1, 0.15) is 5.75 Å². The molecular weight excluding hydrogens is 307 g/mol. The number of hydrogen-bond donors (Lipinski definition) is 0. The Labute approximate surface area is 122 Å². The van der Waals surface area contributed by atoms with Crippen molar-refractivity contribution in [1.82, 2.24) is 0 Å².